The van der Waals surface area contributed by atoms with E-state index in [1.54, 1.807) is 6.21 Å². The lowest BCUT2D eigenvalue weighted by Crippen LogP contribution is -2.23. The molecule has 1 N–H and O–H groups in total. The average molecular weight is 203 g/mol. The van der Waals surface area contributed by atoms with Gasteiger partial charge in [-0.1, -0.05) is 35.4 Å². The Bertz CT molecular complexity index is 373. The molecule has 0 saturated carbocycles. The standard InChI is InChI=1S/C11H13N3O/c1-9-8-15-11(13-9)14-12-7-10-5-3-2-4-6-10/h2-7,9H,8H2,1H3,(H,13,14)/b12-7+. The van der Waals surface area contributed by atoms with Crippen molar-refractivity contribution in [3.05, 3.63) is 35.9 Å². The summed E-state index contributed by atoms with van der Waals surface area (Å²) in [5, 5.41) is 10.9. The lowest BCUT2D eigenvalue weighted by molar-refractivity contribution is 0.330. The molecule has 0 amide bonds. The Labute approximate surface area is 88.7 Å². The van der Waals surface area contributed by atoms with E-state index in [0.29, 0.717) is 18.7 Å². The van der Waals surface area contributed by atoms with Crippen LogP contribution in [0.1, 0.15) is 12.5 Å². The van der Waals surface area contributed by atoms with E-state index in [0.717, 1.165) is 5.56 Å². The Hall–Kier alpha value is -1.84. The summed E-state index contributed by atoms with van der Waals surface area (Å²) in [6.07, 6.45) is 1.70. The molecule has 1 aliphatic heterocycles. The summed E-state index contributed by atoms with van der Waals surface area (Å²) < 4.78 is 5.23. The van der Waals surface area contributed by atoms with Crippen LogP contribution in [0.4, 0.5) is 0 Å². The third kappa shape index (κ3) is 2.80. The lowest BCUT2D eigenvalue weighted by atomic mass is 10.2. The summed E-state index contributed by atoms with van der Waals surface area (Å²) in [6, 6.07) is 10.6. The van der Waals surface area contributed by atoms with E-state index < -0.39 is 0 Å². The second kappa shape index (κ2) is 4.59. The first-order chi connectivity index (χ1) is 7.34. The predicted molar refractivity (Wildman–Crippen MR) is 60.0 cm³/mol. The van der Waals surface area contributed by atoms with Gasteiger partial charge in [0.15, 0.2) is 0 Å². The summed E-state index contributed by atoms with van der Waals surface area (Å²) >= 11 is 0. The van der Waals surface area contributed by atoms with Gasteiger partial charge < -0.3 is 10.1 Å². The zero-order valence-corrected chi connectivity index (χ0v) is 8.55. The second-order valence-corrected chi connectivity index (χ2v) is 3.42. The molecule has 2 rings (SSSR count). The first-order valence-corrected chi connectivity index (χ1v) is 4.90. The largest absolute Gasteiger partial charge is 0.462 e. The third-order valence-corrected chi connectivity index (χ3v) is 1.99. The third-order valence-electron chi connectivity index (χ3n) is 1.99. The SMILES string of the molecule is CC1CO/C(=N/N=C/c2ccccc2)N1. The molecule has 0 aliphatic carbocycles. The van der Waals surface area contributed by atoms with E-state index >= 15 is 0 Å². The van der Waals surface area contributed by atoms with Crippen LogP contribution in [0.2, 0.25) is 0 Å². The van der Waals surface area contributed by atoms with Crippen LogP contribution in [0, 0.1) is 0 Å². The summed E-state index contributed by atoms with van der Waals surface area (Å²) in [5.41, 5.74) is 1.02. The maximum absolute atomic E-state index is 5.23. The van der Waals surface area contributed by atoms with Crippen LogP contribution in [0.3, 0.4) is 0 Å². The van der Waals surface area contributed by atoms with Gasteiger partial charge in [-0.25, -0.2) is 0 Å². The zero-order chi connectivity index (χ0) is 10.5. The van der Waals surface area contributed by atoms with Crippen molar-refractivity contribution >= 4 is 12.2 Å². The highest BCUT2D eigenvalue weighted by atomic mass is 16.5. The monoisotopic (exact) mass is 203 g/mol. The smallest absolute Gasteiger partial charge is 0.309 e. The van der Waals surface area contributed by atoms with E-state index in [4.69, 9.17) is 4.74 Å². The van der Waals surface area contributed by atoms with Crippen LogP contribution >= 0.6 is 0 Å². The molecular weight excluding hydrogens is 190 g/mol. The van der Waals surface area contributed by atoms with Gasteiger partial charge in [-0.2, -0.15) is 5.10 Å². The molecule has 1 saturated heterocycles. The van der Waals surface area contributed by atoms with Crippen molar-refractivity contribution < 1.29 is 4.74 Å². The quantitative estimate of drug-likeness (QED) is 0.583. The summed E-state index contributed by atoms with van der Waals surface area (Å²) in [7, 11) is 0. The molecule has 4 heteroatoms. The van der Waals surface area contributed by atoms with Crippen molar-refractivity contribution in [3.63, 3.8) is 0 Å². The van der Waals surface area contributed by atoms with Crippen molar-refractivity contribution in [2.24, 2.45) is 10.2 Å². The molecule has 78 valence electrons. The molecule has 15 heavy (non-hydrogen) atoms. The highest BCUT2D eigenvalue weighted by Crippen LogP contribution is 1.97. The van der Waals surface area contributed by atoms with Crippen molar-refractivity contribution in [3.8, 4) is 0 Å². The molecule has 4 nitrogen and oxygen atoms in total. The van der Waals surface area contributed by atoms with Crippen molar-refractivity contribution in [2.45, 2.75) is 13.0 Å². The van der Waals surface area contributed by atoms with E-state index in [1.165, 1.54) is 0 Å². The number of rotatable bonds is 2. The van der Waals surface area contributed by atoms with Gasteiger partial charge in [0.2, 0.25) is 0 Å². The molecule has 0 bridgehead atoms. The van der Waals surface area contributed by atoms with Crippen molar-refractivity contribution in [1.29, 1.82) is 0 Å². The minimum Gasteiger partial charge on any atom is -0.462 e. The maximum Gasteiger partial charge on any atom is 0.309 e. The topological polar surface area (TPSA) is 46.0 Å². The normalized spacial score (nSPS) is 23.0. The van der Waals surface area contributed by atoms with Crippen molar-refractivity contribution in [2.75, 3.05) is 6.61 Å². The molecule has 1 atom stereocenters. The Morgan fingerprint density at radius 3 is 2.87 bits per heavy atom. The fourth-order valence-electron chi connectivity index (χ4n) is 1.24. The Morgan fingerprint density at radius 2 is 2.20 bits per heavy atom. The molecule has 0 radical (unpaired) electrons. The van der Waals surface area contributed by atoms with E-state index in [-0.39, 0.29) is 0 Å². The highest BCUT2D eigenvalue weighted by Gasteiger charge is 2.15. The minimum atomic E-state index is 0.315. The van der Waals surface area contributed by atoms with Gasteiger partial charge in [-0.05, 0) is 12.5 Å². The van der Waals surface area contributed by atoms with Gasteiger partial charge in [-0.3, -0.25) is 0 Å². The van der Waals surface area contributed by atoms with E-state index in [1.807, 2.05) is 37.3 Å². The number of nitrogens with zero attached hydrogens (tertiary/aromatic N) is 2. The van der Waals surface area contributed by atoms with Crippen LogP contribution in [0.25, 0.3) is 0 Å². The molecular formula is C11H13N3O. The van der Waals surface area contributed by atoms with Gasteiger partial charge in [0.05, 0.1) is 12.3 Å². The number of ether oxygens (including phenoxy) is 1. The van der Waals surface area contributed by atoms with Gasteiger partial charge in [0.1, 0.15) is 6.61 Å². The molecule has 0 spiro atoms. The zero-order valence-electron chi connectivity index (χ0n) is 8.55. The van der Waals surface area contributed by atoms with Gasteiger partial charge in [0, 0.05) is 0 Å². The number of hydrogen-bond acceptors (Lipinski definition) is 3. The molecule has 1 aromatic rings. The summed E-state index contributed by atoms with van der Waals surface area (Å²) in [6.45, 7) is 2.68. The molecule has 0 aromatic heterocycles. The lowest BCUT2D eigenvalue weighted by Gasteiger charge is -1.94. The number of amidine groups is 1. The first kappa shape index (κ1) is 9.71. The molecule has 1 heterocycles. The molecule has 1 unspecified atom stereocenters. The maximum atomic E-state index is 5.23. The first-order valence-electron chi connectivity index (χ1n) is 4.90. The van der Waals surface area contributed by atoms with Gasteiger partial charge in [-0.15, -0.1) is 0 Å². The number of hydrogen-bond donors (Lipinski definition) is 1. The van der Waals surface area contributed by atoms with E-state index in [2.05, 4.69) is 15.5 Å². The molecule has 1 aromatic carbocycles. The van der Waals surface area contributed by atoms with Crippen molar-refractivity contribution in [1.82, 2.24) is 5.32 Å². The highest BCUT2D eigenvalue weighted by molar-refractivity contribution is 5.81. The van der Waals surface area contributed by atoms with Crippen LogP contribution in [0.15, 0.2) is 40.5 Å². The van der Waals surface area contributed by atoms with E-state index in [9.17, 15) is 0 Å². The van der Waals surface area contributed by atoms with Gasteiger partial charge in [0.25, 0.3) is 0 Å². The van der Waals surface area contributed by atoms with Crippen LogP contribution in [0.5, 0.6) is 0 Å². The predicted octanol–water partition coefficient (Wildman–Crippen LogP) is 1.38. The Kier molecular flexibility index (Phi) is 2.97. The van der Waals surface area contributed by atoms with Crippen LogP contribution < -0.4 is 5.32 Å². The minimum absolute atomic E-state index is 0.315. The molecule has 1 aliphatic rings. The fraction of sp³-hybridized carbons (Fsp3) is 0.273. The Morgan fingerprint density at radius 1 is 1.40 bits per heavy atom. The average Bonchev–Trinajstić information content (AvgIpc) is 2.66. The van der Waals surface area contributed by atoms with Crippen LogP contribution in [-0.2, 0) is 4.74 Å². The molecule has 1 fully saturated rings. The number of benzene rings is 1. The second-order valence-electron chi connectivity index (χ2n) is 3.42. The Balaban J connectivity index is 1.96. The van der Waals surface area contributed by atoms with Gasteiger partial charge >= 0.3 is 6.02 Å². The van der Waals surface area contributed by atoms with Crippen LogP contribution in [-0.4, -0.2) is 24.9 Å². The summed E-state index contributed by atoms with van der Waals surface area (Å²) in [4.78, 5) is 0. The fourth-order valence-corrected chi connectivity index (χ4v) is 1.24. The summed E-state index contributed by atoms with van der Waals surface area (Å²) in [5.74, 6) is 0. The number of nitrogens with one attached hydrogen (secondary N) is 1.